The molecule has 0 bridgehead atoms. The Labute approximate surface area is 99.9 Å². The lowest BCUT2D eigenvalue weighted by atomic mass is 10.0. The number of alkyl halides is 1. The number of hydrogen-bond donors (Lipinski definition) is 1. The number of morpholine rings is 1. The van der Waals surface area contributed by atoms with Gasteiger partial charge in [0.05, 0.1) is 19.4 Å². The first-order chi connectivity index (χ1) is 7.18. The van der Waals surface area contributed by atoms with Gasteiger partial charge in [-0.25, -0.2) is 0 Å². The van der Waals surface area contributed by atoms with Gasteiger partial charge in [0.15, 0.2) is 0 Å². The smallest absolute Gasteiger partial charge is 0.0730 e. The largest absolute Gasteiger partial charge is 0.379 e. The molecule has 0 saturated carbocycles. The summed E-state index contributed by atoms with van der Waals surface area (Å²) in [4.78, 5) is 5.27. The minimum atomic E-state index is 0.164. The number of likely N-dealkylation sites (tertiary alicyclic amines) is 1. The molecule has 0 aromatic carbocycles. The molecule has 2 heterocycles. The van der Waals surface area contributed by atoms with E-state index in [0.29, 0.717) is 10.9 Å². The van der Waals surface area contributed by atoms with Crippen LogP contribution in [0.3, 0.4) is 0 Å². The molecular weight excluding hydrogens is 258 g/mol. The van der Waals surface area contributed by atoms with Gasteiger partial charge in [-0.05, 0) is 13.5 Å². The van der Waals surface area contributed by atoms with Crippen molar-refractivity contribution in [1.82, 2.24) is 9.80 Å². The van der Waals surface area contributed by atoms with E-state index in [1.807, 2.05) is 0 Å². The highest BCUT2D eigenvalue weighted by Crippen LogP contribution is 2.23. The van der Waals surface area contributed by atoms with Crippen molar-refractivity contribution in [3.8, 4) is 0 Å². The molecule has 2 fully saturated rings. The van der Waals surface area contributed by atoms with Gasteiger partial charge < -0.3 is 10.5 Å². The molecule has 4 nitrogen and oxygen atoms in total. The number of halogens is 1. The molecule has 0 aliphatic carbocycles. The van der Waals surface area contributed by atoms with Crippen LogP contribution in [-0.4, -0.2) is 66.7 Å². The third-order valence-corrected chi connectivity index (χ3v) is 4.06. The first-order valence-electron chi connectivity index (χ1n) is 5.60. The van der Waals surface area contributed by atoms with Gasteiger partial charge in [-0.3, -0.25) is 9.80 Å². The van der Waals surface area contributed by atoms with E-state index < -0.39 is 0 Å². The number of nitrogens with zero attached hydrogens (tertiary/aromatic N) is 2. The van der Waals surface area contributed by atoms with Gasteiger partial charge in [-0.2, -0.15) is 0 Å². The standard InChI is InChI=1S/C10H20BrN3O/c1-13-7-8(11)6-9(10(13)12)14-2-4-15-5-3-14/h8-10H,2-7,12H2,1H3. The normalized spacial score (nSPS) is 40.6. The van der Waals surface area contributed by atoms with Crippen LogP contribution in [0.4, 0.5) is 0 Å². The third-order valence-electron chi connectivity index (χ3n) is 3.40. The van der Waals surface area contributed by atoms with E-state index in [4.69, 9.17) is 10.5 Å². The summed E-state index contributed by atoms with van der Waals surface area (Å²) in [7, 11) is 2.10. The number of hydrogen-bond acceptors (Lipinski definition) is 4. The monoisotopic (exact) mass is 277 g/mol. The number of piperidine rings is 1. The number of rotatable bonds is 1. The molecule has 3 unspecified atom stereocenters. The maximum Gasteiger partial charge on any atom is 0.0730 e. The molecule has 0 radical (unpaired) electrons. The molecule has 88 valence electrons. The molecule has 2 aliphatic rings. The summed E-state index contributed by atoms with van der Waals surface area (Å²) in [5.41, 5.74) is 6.24. The summed E-state index contributed by atoms with van der Waals surface area (Å²) >= 11 is 3.71. The van der Waals surface area contributed by atoms with Crippen LogP contribution in [0.25, 0.3) is 0 Å². The van der Waals surface area contributed by atoms with Crippen molar-refractivity contribution in [2.45, 2.75) is 23.5 Å². The molecule has 0 aromatic heterocycles. The molecule has 0 aromatic rings. The lowest BCUT2D eigenvalue weighted by Gasteiger charge is -2.45. The number of ether oxygens (including phenoxy) is 1. The number of likely N-dealkylation sites (N-methyl/N-ethyl adjacent to an activating group) is 1. The predicted octanol–water partition coefficient (Wildman–Crippen LogP) is 0.0710. The van der Waals surface area contributed by atoms with Crippen molar-refractivity contribution in [2.75, 3.05) is 39.9 Å². The maximum atomic E-state index is 6.24. The third kappa shape index (κ3) is 2.71. The zero-order valence-corrected chi connectivity index (χ0v) is 10.8. The molecule has 2 N–H and O–H groups in total. The summed E-state index contributed by atoms with van der Waals surface area (Å²) in [6.07, 6.45) is 1.31. The van der Waals surface area contributed by atoms with Crippen LogP contribution in [-0.2, 0) is 4.74 Å². The Balaban J connectivity index is 1.98. The van der Waals surface area contributed by atoms with Crippen molar-refractivity contribution >= 4 is 15.9 Å². The second kappa shape index (κ2) is 5.10. The quantitative estimate of drug-likeness (QED) is 0.689. The highest BCUT2D eigenvalue weighted by molar-refractivity contribution is 9.09. The van der Waals surface area contributed by atoms with Crippen LogP contribution in [0.15, 0.2) is 0 Å². The molecule has 3 atom stereocenters. The number of nitrogens with two attached hydrogens (primary N) is 1. The molecule has 15 heavy (non-hydrogen) atoms. The first-order valence-corrected chi connectivity index (χ1v) is 6.51. The maximum absolute atomic E-state index is 6.24. The predicted molar refractivity (Wildman–Crippen MR) is 64.1 cm³/mol. The second-order valence-corrected chi connectivity index (χ2v) is 5.77. The second-order valence-electron chi connectivity index (χ2n) is 4.48. The zero-order chi connectivity index (χ0) is 10.8. The summed E-state index contributed by atoms with van der Waals surface area (Å²) in [5, 5.41) is 0. The topological polar surface area (TPSA) is 41.7 Å². The Morgan fingerprint density at radius 3 is 2.67 bits per heavy atom. The summed E-state index contributed by atoms with van der Waals surface area (Å²) in [6, 6.07) is 0.469. The molecule has 2 saturated heterocycles. The highest BCUT2D eigenvalue weighted by atomic mass is 79.9. The van der Waals surface area contributed by atoms with Crippen molar-refractivity contribution in [3.05, 3.63) is 0 Å². The molecule has 0 amide bonds. The minimum Gasteiger partial charge on any atom is -0.379 e. The molecular formula is C10H20BrN3O. The van der Waals surface area contributed by atoms with E-state index in [1.54, 1.807) is 0 Å². The van der Waals surface area contributed by atoms with Crippen LogP contribution in [0, 0.1) is 0 Å². The van der Waals surface area contributed by atoms with Gasteiger partial charge in [-0.1, -0.05) is 15.9 Å². The summed E-state index contributed by atoms with van der Waals surface area (Å²) < 4.78 is 5.37. The van der Waals surface area contributed by atoms with Crippen molar-refractivity contribution in [1.29, 1.82) is 0 Å². The Bertz CT molecular complexity index is 211. The van der Waals surface area contributed by atoms with E-state index in [2.05, 4.69) is 32.8 Å². The zero-order valence-electron chi connectivity index (χ0n) is 9.23. The molecule has 0 spiro atoms. The van der Waals surface area contributed by atoms with E-state index in [9.17, 15) is 0 Å². The lowest BCUT2D eigenvalue weighted by Crippen LogP contribution is -2.62. The van der Waals surface area contributed by atoms with Crippen LogP contribution < -0.4 is 5.73 Å². The van der Waals surface area contributed by atoms with E-state index >= 15 is 0 Å². The van der Waals surface area contributed by atoms with Gasteiger partial charge in [0, 0.05) is 30.5 Å². The van der Waals surface area contributed by atoms with Gasteiger partial charge in [0.1, 0.15) is 0 Å². The fraction of sp³-hybridized carbons (Fsp3) is 1.00. The van der Waals surface area contributed by atoms with E-state index in [1.165, 1.54) is 0 Å². The van der Waals surface area contributed by atoms with Gasteiger partial charge in [0.2, 0.25) is 0 Å². The highest BCUT2D eigenvalue weighted by Gasteiger charge is 2.35. The van der Waals surface area contributed by atoms with Crippen molar-refractivity contribution < 1.29 is 4.74 Å². The Morgan fingerprint density at radius 1 is 1.33 bits per heavy atom. The minimum absolute atomic E-state index is 0.164. The summed E-state index contributed by atoms with van der Waals surface area (Å²) in [6.45, 7) is 4.78. The Kier molecular flexibility index (Phi) is 4.01. The Hall–Kier alpha value is 0.320. The molecule has 2 rings (SSSR count). The SMILES string of the molecule is CN1CC(Br)CC(N2CCOCC2)C1N. The average molecular weight is 278 g/mol. The average Bonchev–Trinajstić information content (AvgIpc) is 2.24. The molecule has 5 heteroatoms. The van der Waals surface area contributed by atoms with Crippen LogP contribution in [0.2, 0.25) is 0 Å². The fourth-order valence-electron chi connectivity index (χ4n) is 2.48. The van der Waals surface area contributed by atoms with Gasteiger partial charge in [0.25, 0.3) is 0 Å². The van der Waals surface area contributed by atoms with Crippen molar-refractivity contribution in [2.24, 2.45) is 5.73 Å². The fourth-order valence-corrected chi connectivity index (χ4v) is 3.32. The van der Waals surface area contributed by atoms with Crippen LogP contribution >= 0.6 is 15.9 Å². The van der Waals surface area contributed by atoms with Crippen LogP contribution in [0.5, 0.6) is 0 Å². The van der Waals surface area contributed by atoms with Gasteiger partial charge >= 0.3 is 0 Å². The summed E-state index contributed by atoms with van der Waals surface area (Å²) in [5.74, 6) is 0. The lowest BCUT2D eigenvalue weighted by molar-refractivity contribution is -0.0173. The van der Waals surface area contributed by atoms with Crippen molar-refractivity contribution in [3.63, 3.8) is 0 Å². The van der Waals surface area contributed by atoms with Crippen LogP contribution in [0.1, 0.15) is 6.42 Å². The van der Waals surface area contributed by atoms with E-state index in [-0.39, 0.29) is 6.17 Å². The van der Waals surface area contributed by atoms with E-state index in [0.717, 1.165) is 39.3 Å². The van der Waals surface area contributed by atoms with Gasteiger partial charge in [-0.15, -0.1) is 0 Å². The Morgan fingerprint density at radius 2 is 2.00 bits per heavy atom. The first kappa shape index (κ1) is 11.8. The molecule has 2 aliphatic heterocycles.